The molecule has 3 aromatic rings. The van der Waals surface area contributed by atoms with Gasteiger partial charge in [0, 0.05) is 37.3 Å². The van der Waals surface area contributed by atoms with Crippen LogP contribution in [0.15, 0.2) is 61.1 Å². The summed E-state index contributed by atoms with van der Waals surface area (Å²) < 4.78 is 1.89. The number of hydrogen-bond acceptors (Lipinski definition) is 3. The standard InChI is InChI=1S/C19H19N3OS/c1-19(13-15-5-3-2-4-6-15)22(11-12-24-19)18(23)16-7-8-17-20-9-10-21(17)14-16/h2-10,14H,11-13H2,1H3. The number of benzene rings is 1. The van der Waals surface area contributed by atoms with Gasteiger partial charge in [0.05, 0.1) is 10.4 Å². The Hall–Kier alpha value is -2.27. The van der Waals surface area contributed by atoms with Crippen molar-refractivity contribution in [3.8, 4) is 0 Å². The van der Waals surface area contributed by atoms with E-state index in [1.165, 1.54) is 5.56 Å². The van der Waals surface area contributed by atoms with Gasteiger partial charge >= 0.3 is 0 Å². The predicted octanol–water partition coefficient (Wildman–Crippen LogP) is 3.48. The van der Waals surface area contributed by atoms with E-state index >= 15 is 0 Å². The van der Waals surface area contributed by atoms with Crippen LogP contribution in [-0.2, 0) is 6.42 Å². The first-order valence-corrected chi connectivity index (χ1v) is 9.07. The van der Waals surface area contributed by atoms with E-state index in [4.69, 9.17) is 0 Å². The van der Waals surface area contributed by atoms with Crippen LogP contribution in [0.3, 0.4) is 0 Å². The number of carbonyl (C=O) groups excluding carboxylic acids is 1. The number of hydrogen-bond donors (Lipinski definition) is 0. The quantitative estimate of drug-likeness (QED) is 0.734. The lowest BCUT2D eigenvalue weighted by atomic mass is 10.0. The van der Waals surface area contributed by atoms with Gasteiger partial charge in [-0.3, -0.25) is 4.79 Å². The lowest BCUT2D eigenvalue weighted by Crippen LogP contribution is -2.45. The summed E-state index contributed by atoms with van der Waals surface area (Å²) in [6.45, 7) is 2.96. The molecule has 1 atom stereocenters. The Labute approximate surface area is 145 Å². The molecule has 3 heterocycles. The van der Waals surface area contributed by atoms with Crippen molar-refractivity contribution in [1.82, 2.24) is 14.3 Å². The van der Waals surface area contributed by atoms with Gasteiger partial charge in [-0.15, -0.1) is 11.8 Å². The molecule has 5 heteroatoms. The Balaban J connectivity index is 1.62. The molecule has 0 saturated carbocycles. The zero-order valence-corrected chi connectivity index (χ0v) is 14.4. The van der Waals surface area contributed by atoms with Crippen molar-refractivity contribution in [2.75, 3.05) is 12.3 Å². The Morgan fingerprint density at radius 1 is 1.25 bits per heavy atom. The van der Waals surface area contributed by atoms with Gasteiger partial charge in [0.2, 0.25) is 0 Å². The molecule has 1 saturated heterocycles. The maximum atomic E-state index is 13.1. The van der Waals surface area contributed by atoms with Gasteiger partial charge in [-0.25, -0.2) is 4.98 Å². The van der Waals surface area contributed by atoms with Gasteiger partial charge in [-0.05, 0) is 24.6 Å². The van der Waals surface area contributed by atoms with Crippen molar-refractivity contribution in [2.24, 2.45) is 0 Å². The summed E-state index contributed by atoms with van der Waals surface area (Å²) in [5.74, 6) is 1.07. The molecule has 1 fully saturated rings. The second-order valence-corrected chi connectivity index (χ2v) is 7.83. The molecule has 1 aliphatic rings. The van der Waals surface area contributed by atoms with Crippen molar-refractivity contribution in [3.63, 3.8) is 0 Å². The Morgan fingerprint density at radius 2 is 2.08 bits per heavy atom. The second kappa shape index (κ2) is 5.98. The number of fused-ring (bicyclic) bond motifs is 1. The summed E-state index contributed by atoms with van der Waals surface area (Å²) in [5, 5.41) is 0. The van der Waals surface area contributed by atoms with Crippen LogP contribution in [-0.4, -0.2) is 37.4 Å². The molecule has 0 bridgehead atoms. The minimum Gasteiger partial charge on any atom is -0.323 e. The van der Waals surface area contributed by atoms with Crippen LogP contribution >= 0.6 is 11.8 Å². The smallest absolute Gasteiger partial charge is 0.256 e. The highest BCUT2D eigenvalue weighted by Crippen LogP contribution is 2.39. The first-order chi connectivity index (χ1) is 11.7. The molecule has 2 aromatic heterocycles. The normalized spacial score (nSPS) is 20.6. The fraction of sp³-hybridized carbons (Fsp3) is 0.263. The molecule has 1 aliphatic heterocycles. The van der Waals surface area contributed by atoms with Gasteiger partial charge < -0.3 is 9.30 Å². The zero-order chi connectivity index (χ0) is 16.6. The lowest BCUT2D eigenvalue weighted by Gasteiger charge is -2.34. The lowest BCUT2D eigenvalue weighted by molar-refractivity contribution is 0.0691. The Bertz CT molecular complexity index is 876. The van der Waals surface area contributed by atoms with E-state index in [0.29, 0.717) is 5.56 Å². The minimum atomic E-state index is -0.206. The second-order valence-electron chi connectivity index (χ2n) is 6.25. The molecule has 0 spiro atoms. The molecule has 0 aliphatic carbocycles. The number of rotatable bonds is 3. The van der Waals surface area contributed by atoms with Crippen LogP contribution in [0, 0.1) is 0 Å². The highest BCUT2D eigenvalue weighted by atomic mass is 32.2. The highest BCUT2D eigenvalue weighted by molar-refractivity contribution is 8.00. The number of imidazole rings is 1. The molecule has 122 valence electrons. The number of aromatic nitrogens is 2. The van der Waals surface area contributed by atoms with Gasteiger partial charge in [0.15, 0.2) is 0 Å². The fourth-order valence-corrected chi connectivity index (χ4v) is 4.62. The Kier molecular flexibility index (Phi) is 3.81. The van der Waals surface area contributed by atoms with E-state index in [1.54, 1.807) is 6.20 Å². The van der Waals surface area contributed by atoms with Crippen molar-refractivity contribution >= 4 is 23.3 Å². The summed E-state index contributed by atoms with van der Waals surface area (Å²) in [5.41, 5.74) is 2.83. The summed E-state index contributed by atoms with van der Waals surface area (Å²) in [7, 11) is 0. The number of nitrogens with zero attached hydrogens (tertiary/aromatic N) is 3. The van der Waals surface area contributed by atoms with Crippen molar-refractivity contribution in [2.45, 2.75) is 18.2 Å². The van der Waals surface area contributed by atoms with E-state index in [0.717, 1.165) is 24.4 Å². The number of amides is 1. The van der Waals surface area contributed by atoms with Gasteiger partial charge in [0.1, 0.15) is 5.65 Å². The largest absolute Gasteiger partial charge is 0.323 e. The molecule has 4 rings (SSSR count). The van der Waals surface area contributed by atoms with Crippen LogP contribution in [0.25, 0.3) is 5.65 Å². The molecule has 24 heavy (non-hydrogen) atoms. The summed E-state index contributed by atoms with van der Waals surface area (Å²) in [4.78, 5) is 19.1. The van der Waals surface area contributed by atoms with Gasteiger partial charge in [-0.2, -0.15) is 0 Å². The average molecular weight is 337 g/mol. The molecule has 1 amide bonds. The molecule has 0 radical (unpaired) electrons. The maximum absolute atomic E-state index is 13.1. The van der Waals surface area contributed by atoms with Gasteiger partial charge in [-0.1, -0.05) is 30.3 Å². The Morgan fingerprint density at radius 3 is 2.92 bits per heavy atom. The van der Waals surface area contributed by atoms with E-state index in [9.17, 15) is 4.79 Å². The molecule has 1 aromatic carbocycles. The summed E-state index contributed by atoms with van der Waals surface area (Å²) in [6.07, 6.45) is 6.34. The third-order valence-electron chi connectivity index (χ3n) is 4.55. The monoisotopic (exact) mass is 337 g/mol. The van der Waals surface area contributed by atoms with Crippen LogP contribution in [0.4, 0.5) is 0 Å². The van der Waals surface area contributed by atoms with Crippen LogP contribution in [0.1, 0.15) is 22.8 Å². The van der Waals surface area contributed by atoms with E-state index in [2.05, 4.69) is 36.2 Å². The van der Waals surface area contributed by atoms with Crippen LogP contribution < -0.4 is 0 Å². The molecule has 0 N–H and O–H groups in total. The summed E-state index contributed by atoms with van der Waals surface area (Å²) in [6, 6.07) is 14.2. The molecular weight excluding hydrogens is 318 g/mol. The highest BCUT2D eigenvalue weighted by Gasteiger charge is 2.40. The topological polar surface area (TPSA) is 37.6 Å². The fourth-order valence-electron chi connectivity index (χ4n) is 3.31. The molecule has 1 unspecified atom stereocenters. The first kappa shape index (κ1) is 15.3. The minimum absolute atomic E-state index is 0.0917. The van der Waals surface area contributed by atoms with E-state index in [-0.39, 0.29) is 10.8 Å². The predicted molar refractivity (Wildman–Crippen MR) is 97.2 cm³/mol. The zero-order valence-electron chi connectivity index (χ0n) is 13.6. The van der Waals surface area contributed by atoms with Crippen molar-refractivity contribution in [1.29, 1.82) is 0 Å². The van der Waals surface area contributed by atoms with Crippen molar-refractivity contribution < 1.29 is 4.79 Å². The maximum Gasteiger partial charge on any atom is 0.256 e. The average Bonchev–Trinajstić information content (AvgIpc) is 3.20. The van der Waals surface area contributed by atoms with Gasteiger partial charge in [0.25, 0.3) is 5.91 Å². The van der Waals surface area contributed by atoms with Crippen molar-refractivity contribution in [3.05, 3.63) is 72.2 Å². The SMILES string of the molecule is CC1(Cc2ccccc2)SCCN1C(=O)c1ccc2nccn2c1. The van der Waals surface area contributed by atoms with E-state index < -0.39 is 0 Å². The number of pyridine rings is 1. The third-order valence-corrected chi connectivity index (χ3v) is 5.93. The van der Waals surface area contributed by atoms with E-state index in [1.807, 2.05) is 51.7 Å². The third kappa shape index (κ3) is 2.69. The van der Waals surface area contributed by atoms with Crippen LogP contribution in [0.5, 0.6) is 0 Å². The molecular formula is C19H19N3OS. The molecule has 4 nitrogen and oxygen atoms in total. The first-order valence-electron chi connectivity index (χ1n) is 8.08. The number of thioether (sulfide) groups is 1. The summed E-state index contributed by atoms with van der Waals surface area (Å²) >= 11 is 1.86. The van der Waals surface area contributed by atoms with Crippen LogP contribution in [0.2, 0.25) is 0 Å². The number of carbonyl (C=O) groups is 1.